The van der Waals surface area contributed by atoms with E-state index >= 15 is 0 Å². The Morgan fingerprint density at radius 1 is 0.762 bits per heavy atom. The van der Waals surface area contributed by atoms with Crippen LogP contribution < -0.4 is 0 Å². The highest BCUT2D eigenvalue weighted by molar-refractivity contribution is 14.1. The van der Waals surface area contributed by atoms with E-state index in [-0.39, 0.29) is 0 Å². The molecular formula is C17H14IN3. The predicted molar refractivity (Wildman–Crippen MR) is 92.9 cm³/mol. The van der Waals surface area contributed by atoms with Gasteiger partial charge in [0.05, 0.1) is 0 Å². The van der Waals surface area contributed by atoms with E-state index in [0.29, 0.717) is 0 Å². The van der Waals surface area contributed by atoms with Crippen molar-refractivity contribution in [3.05, 3.63) is 63.7 Å². The molecule has 1 aromatic heterocycles. The van der Waals surface area contributed by atoms with E-state index in [1.165, 1.54) is 14.7 Å². The first-order valence-electron chi connectivity index (χ1n) is 6.68. The van der Waals surface area contributed by atoms with Gasteiger partial charge in [-0.1, -0.05) is 36.4 Å². The molecule has 4 heteroatoms. The zero-order chi connectivity index (χ0) is 14.8. The van der Waals surface area contributed by atoms with E-state index < -0.39 is 0 Å². The van der Waals surface area contributed by atoms with Gasteiger partial charge < -0.3 is 0 Å². The lowest BCUT2D eigenvalue weighted by molar-refractivity contribution is 0.928. The molecule has 0 radical (unpaired) electrons. The van der Waals surface area contributed by atoms with Gasteiger partial charge in [0.25, 0.3) is 0 Å². The lowest BCUT2D eigenvalue weighted by Gasteiger charge is -2.08. The Labute approximate surface area is 137 Å². The molecule has 21 heavy (non-hydrogen) atoms. The molecule has 3 aromatic rings. The van der Waals surface area contributed by atoms with E-state index in [0.717, 1.165) is 23.0 Å². The van der Waals surface area contributed by atoms with Crippen LogP contribution >= 0.6 is 22.6 Å². The highest BCUT2D eigenvalue weighted by atomic mass is 127. The molecule has 3 nitrogen and oxygen atoms in total. The summed E-state index contributed by atoms with van der Waals surface area (Å²) < 4.78 is 1.21. The van der Waals surface area contributed by atoms with Gasteiger partial charge in [-0.25, -0.2) is 15.0 Å². The van der Waals surface area contributed by atoms with Crippen LogP contribution in [0.4, 0.5) is 0 Å². The topological polar surface area (TPSA) is 38.7 Å². The van der Waals surface area contributed by atoms with Gasteiger partial charge in [0, 0.05) is 9.13 Å². The van der Waals surface area contributed by atoms with Crippen molar-refractivity contribution in [2.24, 2.45) is 0 Å². The smallest absolute Gasteiger partial charge is 0.163 e. The van der Waals surface area contributed by atoms with Crippen LogP contribution in [0.5, 0.6) is 0 Å². The summed E-state index contributed by atoms with van der Waals surface area (Å²) in [6.07, 6.45) is 0. The zero-order valence-corrected chi connectivity index (χ0v) is 14.0. The zero-order valence-electron chi connectivity index (χ0n) is 11.8. The number of benzene rings is 2. The van der Waals surface area contributed by atoms with Gasteiger partial charge in [-0.3, -0.25) is 0 Å². The van der Waals surface area contributed by atoms with Crippen LogP contribution in [0.25, 0.3) is 22.5 Å². The molecule has 0 bridgehead atoms. The molecule has 0 spiro atoms. The number of rotatable bonds is 2. The summed E-state index contributed by atoms with van der Waals surface area (Å²) in [5, 5.41) is 0. The van der Waals surface area contributed by atoms with Gasteiger partial charge in [-0.15, -0.1) is 0 Å². The Hall–Kier alpha value is -1.82. The first kappa shape index (κ1) is 14.1. The predicted octanol–water partition coefficient (Wildman–Crippen LogP) is 4.43. The van der Waals surface area contributed by atoms with Crippen LogP contribution in [0.3, 0.4) is 0 Å². The highest BCUT2D eigenvalue weighted by Crippen LogP contribution is 2.29. The Morgan fingerprint density at radius 2 is 1.43 bits per heavy atom. The molecule has 0 unspecified atom stereocenters. The second kappa shape index (κ2) is 5.89. The third-order valence-corrected chi connectivity index (χ3v) is 4.11. The van der Waals surface area contributed by atoms with Crippen molar-refractivity contribution in [3.63, 3.8) is 0 Å². The largest absolute Gasteiger partial charge is 0.219 e. The number of nitrogens with zero attached hydrogens (tertiary/aromatic N) is 3. The summed E-state index contributed by atoms with van der Waals surface area (Å²) in [7, 11) is 0. The molecule has 0 N–H and O–H groups in total. The molecule has 1 heterocycles. The maximum atomic E-state index is 4.44. The van der Waals surface area contributed by atoms with Crippen molar-refractivity contribution in [1.82, 2.24) is 15.0 Å². The summed E-state index contributed by atoms with van der Waals surface area (Å²) in [4.78, 5) is 13.1. The number of aromatic nitrogens is 3. The molecule has 0 fully saturated rings. The Balaban J connectivity index is 2.13. The summed E-state index contributed by atoms with van der Waals surface area (Å²) in [5.74, 6) is 2.23. The molecular weight excluding hydrogens is 373 g/mol. The number of hydrogen-bond acceptors (Lipinski definition) is 3. The van der Waals surface area contributed by atoms with E-state index in [2.05, 4.69) is 80.0 Å². The minimum Gasteiger partial charge on any atom is -0.219 e. The lowest BCUT2D eigenvalue weighted by atomic mass is 10.0. The summed E-state index contributed by atoms with van der Waals surface area (Å²) in [6, 6.07) is 16.7. The van der Waals surface area contributed by atoms with Gasteiger partial charge in [0.15, 0.2) is 5.82 Å². The SMILES string of the molecule is Cc1nc(C)nc(-c2ccc(I)c(-c3ccccc3)c2)n1. The number of halogens is 1. The molecule has 0 atom stereocenters. The minimum atomic E-state index is 0.730. The van der Waals surface area contributed by atoms with E-state index in [9.17, 15) is 0 Å². The van der Waals surface area contributed by atoms with Crippen molar-refractivity contribution < 1.29 is 0 Å². The molecule has 3 rings (SSSR count). The van der Waals surface area contributed by atoms with Crippen LogP contribution in [0.15, 0.2) is 48.5 Å². The molecule has 0 amide bonds. The average molecular weight is 387 g/mol. The third-order valence-electron chi connectivity index (χ3n) is 3.17. The minimum absolute atomic E-state index is 0.730. The Morgan fingerprint density at radius 3 is 2.10 bits per heavy atom. The van der Waals surface area contributed by atoms with Gasteiger partial charge in [0.1, 0.15) is 11.6 Å². The first-order chi connectivity index (χ1) is 10.1. The summed E-state index contributed by atoms with van der Waals surface area (Å²) in [6.45, 7) is 3.78. The lowest BCUT2D eigenvalue weighted by Crippen LogP contribution is -1.99. The number of hydrogen-bond donors (Lipinski definition) is 0. The second-order valence-electron chi connectivity index (χ2n) is 4.81. The maximum Gasteiger partial charge on any atom is 0.163 e. The van der Waals surface area contributed by atoms with E-state index in [4.69, 9.17) is 0 Å². The van der Waals surface area contributed by atoms with Gasteiger partial charge >= 0.3 is 0 Å². The Bertz CT molecular complexity index is 765. The highest BCUT2D eigenvalue weighted by Gasteiger charge is 2.09. The second-order valence-corrected chi connectivity index (χ2v) is 5.98. The average Bonchev–Trinajstić information content (AvgIpc) is 2.47. The van der Waals surface area contributed by atoms with Crippen molar-refractivity contribution in [3.8, 4) is 22.5 Å². The Kier molecular flexibility index (Phi) is 3.96. The normalized spacial score (nSPS) is 10.6. The van der Waals surface area contributed by atoms with E-state index in [1.807, 2.05) is 19.9 Å². The molecule has 0 saturated carbocycles. The molecule has 104 valence electrons. The summed E-state index contributed by atoms with van der Waals surface area (Å²) >= 11 is 2.36. The fourth-order valence-electron chi connectivity index (χ4n) is 2.25. The quantitative estimate of drug-likeness (QED) is 0.611. The summed E-state index contributed by atoms with van der Waals surface area (Å²) in [5.41, 5.74) is 3.42. The van der Waals surface area contributed by atoms with Crippen molar-refractivity contribution in [1.29, 1.82) is 0 Å². The fraction of sp³-hybridized carbons (Fsp3) is 0.118. The van der Waals surface area contributed by atoms with Gasteiger partial charge in [-0.05, 0) is 59.7 Å². The molecule has 0 aliphatic carbocycles. The van der Waals surface area contributed by atoms with Crippen LogP contribution in [-0.4, -0.2) is 15.0 Å². The van der Waals surface area contributed by atoms with Gasteiger partial charge in [-0.2, -0.15) is 0 Å². The number of aryl methyl sites for hydroxylation is 2. The maximum absolute atomic E-state index is 4.44. The van der Waals surface area contributed by atoms with Crippen LogP contribution in [0, 0.1) is 17.4 Å². The standard InChI is InChI=1S/C17H14IN3/c1-11-19-12(2)21-17(20-11)14-8-9-16(18)15(10-14)13-6-4-3-5-7-13/h3-10H,1-2H3. The van der Waals surface area contributed by atoms with Crippen LogP contribution in [0.1, 0.15) is 11.6 Å². The van der Waals surface area contributed by atoms with Crippen molar-refractivity contribution in [2.75, 3.05) is 0 Å². The monoisotopic (exact) mass is 387 g/mol. The van der Waals surface area contributed by atoms with Gasteiger partial charge in [0.2, 0.25) is 0 Å². The van der Waals surface area contributed by atoms with Crippen molar-refractivity contribution >= 4 is 22.6 Å². The molecule has 0 saturated heterocycles. The molecule has 0 aliphatic rings. The fourth-order valence-corrected chi connectivity index (χ4v) is 2.89. The molecule has 0 aliphatic heterocycles. The van der Waals surface area contributed by atoms with Crippen LogP contribution in [0.2, 0.25) is 0 Å². The molecule has 2 aromatic carbocycles. The first-order valence-corrected chi connectivity index (χ1v) is 7.76. The van der Waals surface area contributed by atoms with E-state index in [1.54, 1.807) is 0 Å². The third kappa shape index (κ3) is 3.10. The van der Waals surface area contributed by atoms with Crippen molar-refractivity contribution in [2.45, 2.75) is 13.8 Å². The van der Waals surface area contributed by atoms with Crippen LogP contribution in [-0.2, 0) is 0 Å².